The minimum atomic E-state index is -0.723. The van der Waals surface area contributed by atoms with E-state index in [-0.39, 0.29) is 11.7 Å². The van der Waals surface area contributed by atoms with Crippen LogP contribution in [0.4, 0.5) is 0 Å². The van der Waals surface area contributed by atoms with Crippen LogP contribution in [0.5, 0.6) is 0 Å². The van der Waals surface area contributed by atoms with E-state index >= 15 is 0 Å². The summed E-state index contributed by atoms with van der Waals surface area (Å²) in [5.74, 6) is -0.0593. The molecule has 100 valence electrons. The summed E-state index contributed by atoms with van der Waals surface area (Å²) in [6.45, 7) is 5.59. The molecule has 0 aromatic carbocycles. The highest BCUT2D eigenvalue weighted by atomic mass is 16.7. The van der Waals surface area contributed by atoms with Crippen LogP contribution in [0.2, 0.25) is 5.82 Å². The Bertz CT molecular complexity index is 355. The standard InChI is InChI=1S/C11H19BN2O4/c1-7(2)12-17-9(8(3)13-6-15)10(18-12)11(16)14(4)5/h7-10H,1-5H3/t8-,9?,10+/m0/s1. The molecular formula is C11H19BN2O4. The summed E-state index contributed by atoms with van der Waals surface area (Å²) in [7, 11) is 2.85. The minimum absolute atomic E-state index is 0.125. The normalized spacial score (nSPS) is 24.9. The summed E-state index contributed by atoms with van der Waals surface area (Å²) in [6, 6.07) is -0.458. The van der Waals surface area contributed by atoms with Gasteiger partial charge in [-0.25, -0.2) is 9.79 Å². The molecule has 6 nitrogen and oxygen atoms in total. The average molecular weight is 254 g/mol. The summed E-state index contributed by atoms with van der Waals surface area (Å²) in [5, 5.41) is 0. The fourth-order valence-electron chi connectivity index (χ4n) is 1.77. The van der Waals surface area contributed by atoms with Gasteiger partial charge in [0.2, 0.25) is 6.08 Å². The number of hydrogen-bond donors (Lipinski definition) is 0. The third-order valence-corrected chi connectivity index (χ3v) is 2.83. The third kappa shape index (κ3) is 3.19. The zero-order valence-corrected chi connectivity index (χ0v) is 11.4. The van der Waals surface area contributed by atoms with Gasteiger partial charge in [0.15, 0.2) is 0 Å². The molecule has 1 fully saturated rings. The molecule has 0 aromatic rings. The molecule has 1 saturated heterocycles. The number of amides is 1. The largest absolute Gasteiger partial charge is 0.460 e. The van der Waals surface area contributed by atoms with Gasteiger partial charge in [-0.2, -0.15) is 0 Å². The van der Waals surface area contributed by atoms with Crippen LogP contribution in [0, 0.1) is 0 Å². The van der Waals surface area contributed by atoms with Crippen molar-refractivity contribution in [3.63, 3.8) is 0 Å². The number of isocyanates is 1. The Kier molecular flexibility index (Phi) is 5.08. The van der Waals surface area contributed by atoms with Crippen LogP contribution < -0.4 is 0 Å². The van der Waals surface area contributed by atoms with E-state index in [1.807, 2.05) is 13.8 Å². The van der Waals surface area contributed by atoms with Crippen molar-refractivity contribution in [3.8, 4) is 0 Å². The lowest BCUT2D eigenvalue weighted by molar-refractivity contribution is -0.137. The van der Waals surface area contributed by atoms with Crippen molar-refractivity contribution in [1.29, 1.82) is 0 Å². The Morgan fingerprint density at radius 1 is 1.33 bits per heavy atom. The third-order valence-electron chi connectivity index (χ3n) is 2.83. The van der Waals surface area contributed by atoms with Crippen molar-refractivity contribution in [2.24, 2.45) is 4.99 Å². The van der Waals surface area contributed by atoms with E-state index in [9.17, 15) is 9.59 Å². The SMILES string of the molecule is CC(C)B1OC([C@H](C)N=C=O)[C@H](C(=O)N(C)C)O1. The first-order valence-electron chi connectivity index (χ1n) is 5.97. The van der Waals surface area contributed by atoms with Gasteiger partial charge in [-0.05, 0) is 12.7 Å². The van der Waals surface area contributed by atoms with Crippen molar-refractivity contribution in [2.45, 2.75) is 44.8 Å². The molecular weight excluding hydrogens is 235 g/mol. The molecule has 0 bridgehead atoms. The summed E-state index contributed by atoms with van der Waals surface area (Å²) in [4.78, 5) is 27.4. The maximum absolute atomic E-state index is 12.0. The van der Waals surface area contributed by atoms with E-state index in [0.29, 0.717) is 0 Å². The first-order chi connectivity index (χ1) is 8.38. The molecule has 0 N–H and O–H groups in total. The smallest absolute Gasteiger partial charge is 0.403 e. The van der Waals surface area contributed by atoms with Gasteiger partial charge in [-0.1, -0.05) is 13.8 Å². The summed E-state index contributed by atoms with van der Waals surface area (Å²) in [5.41, 5.74) is 0. The zero-order valence-electron chi connectivity index (χ0n) is 11.4. The van der Waals surface area contributed by atoms with Crippen molar-refractivity contribution >= 4 is 19.1 Å². The Labute approximate surface area is 107 Å². The van der Waals surface area contributed by atoms with Gasteiger partial charge in [0.05, 0.1) is 12.1 Å². The van der Waals surface area contributed by atoms with E-state index < -0.39 is 25.4 Å². The second-order valence-corrected chi connectivity index (χ2v) is 4.96. The molecule has 1 heterocycles. The van der Waals surface area contributed by atoms with E-state index in [2.05, 4.69) is 4.99 Å². The highest BCUT2D eigenvalue weighted by molar-refractivity contribution is 6.47. The molecule has 1 rings (SSSR count). The van der Waals surface area contributed by atoms with E-state index in [1.165, 1.54) is 11.0 Å². The molecule has 1 unspecified atom stereocenters. The number of carbonyl (C=O) groups excluding carboxylic acids is 2. The van der Waals surface area contributed by atoms with Gasteiger partial charge in [-0.15, -0.1) is 0 Å². The molecule has 18 heavy (non-hydrogen) atoms. The van der Waals surface area contributed by atoms with Crippen molar-refractivity contribution in [2.75, 3.05) is 14.1 Å². The van der Waals surface area contributed by atoms with Crippen LogP contribution in [-0.2, 0) is 18.9 Å². The first kappa shape index (κ1) is 14.9. The zero-order chi connectivity index (χ0) is 13.9. The van der Waals surface area contributed by atoms with Gasteiger partial charge in [0.1, 0.15) is 6.10 Å². The molecule has 0 aromatic heterocycles. The molecule has 0 radical (unpaired) electrons. The number of hydrogen-bond acceptors (Lipinski definition) is 5. The fraction of sp³-hybridized carbons (Fsp3) is 0.818. The monoisotopic (exact) mass is 254 g/mol. The maximum atomic E-state index is 12.0. The maximum Gasteiger partial charge on any atom is 0.460 e. The van der Waals surface area contributed by atoms with E-state index in [4.69, 9.17) is 9.31 Å². The van der Waals surface area contributed by atoms with Crippen LogP contribution >= 0.6 is 0 Å². The van der Waals surface area contributed by atoms with Crippen molar-refractivity contribution < 1.29 is 18.9 Å². The Morgan fingerprint density at radius 2 is 1.94 bits per heavy atom. The second kappa shape index (κ2) is 6.13. The highest BCUT2D eigenvalue weighted by Gasteiger charge is 2.47. The number of aliphatic imine (C=N–C) groups is 1. The average Bonchev–Trinajstić information content (AvgIpc) is 2.72. The van der Waals surface area contributed by atoms with E-state index in [0.717, 1.165) is 0 Å². The predicted molar refractivity (Wildman–Crippen MR) is 66.9 cm³/mol. The van der Waals surface area contributed by atoms with Crippen molar-refractivity contribution in [1.82, 2.24) is 4.90 Å². The molecule has 0 saturated carbocycles. The molecule has 0 spiro atoms. The first-order valence-corrected chi connectivity index (χ1v) is 5.97. The summed E-state index contributed by atoms with van der Waals surface area (Å²) >= 11 is 0. The highest BCUT2D eigenvalue weighted by Crippen LogP contribution is 2.27. The molecule has 1 aliphatic rings. The lowest BCUT2D eigenvalue weighted by atomic mass is 9.75. The lowest BCUT2D eigenvalue weighted by Crippen LogP contribution is -2.43. The Morgan fingerprint density at radius 3 is 2.39 bits per heavy atom. The molecule has 1 aliphatic heterocycles. The van der Waals surface area contributed by atoms with E-state index in [1.54, 1.807) is 21.0 Å². The quantitative estimate of drug-likeness (QED) is 0.415. The van der Waals surface area contributed by atoms with Crippen LogP contribution in [0.3, 0.4) is 0 Å². The van der Waals surface area contributed by atoms with Gasteiger partial charge in [-0.3, -0.25) is 4.79 Å². The number of carbonyl (C=O) groups is 1. The number of likely N-dealkylation sites (N-methyl/N-ethyl adjacent to an activating group) is 1. The van der Waals surface area contributed by atoms with Gasteiger partial charge >= 0.3 is 7.12 Å². The Balaban J connectivity index is 2.89. The fourth-order valence-corrected chi connectivity index (χ4v) is 1.77. The number of nitrogens with zero attached hydrogens (tertiary/aromatic N) is 2. The molecule has 1 amide bonds. The van der Waals surface area contributed by atoms with Crippen molar-refractivity contribution in [3.05, 3.63) is 0 Å². The molecule has 0 aliphatic carbocycles. The second-order valence-electron chi connectivity index (χ2n) is 4.96. The minimum Gasteiger partial charge on any atom is -0.403 e. The predicted octanol–water partition coefficient (Wildman–Crippen LogP) is 0.481. The lowest BCUT2D eigenvalue weighted by Gasteiger charge is -2.22. The molecule has 3 atom stereocenters. The van der Waals surface area contributed by atoms with Gasteiger partial charge < -0.3 is 14.2 Å². The van der Waals surface area contributed by atoms with Gasteiger partial charge in [0, 0.05) is 14.1 Å². The summed E-state index contributed by atoms with van der Waals surface area (Å²) < 4.78 is 11.3. The van der Waals surface area contributed by atoms with Gasteiger partial charge in [0.25, 0.3) is 5.91 Å². The Hall–Kier alpha value is -1.17. The topological polar surface area (TPSA) is 68.2 Å². The summed E-state index contributed by atoms with van der Waals surface area (Å²) in [6.07, 6.45) is 0.222. The van der Waals surface area contributed by atoms with Crippen LogP contribution in [0.25, 0.3) is 0 Å². The van der Waals surface area contributed by atoms with Crippen LogP contribution in [0.1, 0.15) is 20.8 Å². The van der Waals surface area contributed by atoms with Crippen LogP contribution in [-0.4, -0.2) is 56.4 Å². The number of rotatable bonds is 4. The van der Waals surface area contributed by atoms with Crippen LogP contribution in [0.15, 0.2) is 4.99 Å². The molecule has 7 heteroatoms.